The third kappa shape index (κ3) is 8.29. The molecule has 1 aromatic heterocycles. The van der Waals surface area contributed by atoms with Gasteiger partial charge in [0.1, 0.15) is 5.82 Å². The second-order valence-corrected chi connectivity index (χ2v) is 6.36. The second kappa shape index (κ2) is 13.4. The van der Waals surface area contributed by atoms with Crippen LogP contribution in [0, 0.1) is 0 Å². The van der Waals surface area contributed by atoms with E-state index in [4.69, 9.17) is 9.72 Å². The van der Waals surface area contributed by atoms with Crippen LogP contribution in [-0.4, -0.2) is 71.3 Å². The number of carboxylic acids is 2. The summed E-state index contributed by atoms with van der Waals surface area (Å²) in [4.78, 5) is 26.1. The third-order valence-electron chi connectivity index (χ3n) is 4.33. The molecule has 0 aliphatic carbocycles. The maximum atomic E-state index is 9.41. The van der Waals surface area contributed by atoms with E-state index in [1.54, 1.807) is 0 Å². The number of carbonyl (C=O) groups is 2. The number of nitrogens with zero attached hydrogens (tertiary/aromatic N) is 3. The average molecular weight is 420 g/mol. The molecule has 10 heteroatoms. The van der Waals surface area contributed by atoms with Crippen LogP contribution in [0.15, 0.2) is 36.4 Å². The van der Waals surface area contributed by atoms with Crippen LogP contribution in [0.2, 0.25) is 0 Å². The zero-order valence-electron chi connectivity index (χ0n) is 17.0. The SMILES string of the molecule is CCOCCn1c(CN2CCNCC2)nc2ccccc21.O.O=C([O-])/C=C/C(=O)[O-]. The number of hydrogen-bond acceptors (Lipinski definition) is 8. The number of hydrogen-bond donors (Lipinski definition) is 1. The molecule has 0 saturated carbocycles. The molecule has 10 nitrogen and oxygen atoms in total. The van der Waals surface area contributed by atoms with Crippen LogP contribution in [0.5, 0.6) is 0 Å². The van der Waals surface area contributed by atoms with E-state index in [9.17, 15) is 19.8 Å². The Balaban J connectivity index is 0.000000431. The lowest BCUT2D eigenvalue weighted by atomic mass is 10.3. The molecule has 166 valence electrons. The fraction of sp³-hybridized carbons (Fsp3) is 0.450. The van der Waals surface area contributed by atoms with Crippen molar-refractivity contribution in [3.63, 3.8) is 0 Å². The van der Waals surface area contributed by atoms with Gasteiger partial charge in [0, 0.05) is 39.3 Å². The number of para-hydroxylation sites is 2. The van der Waals surface area contributed by atoms with E-state index in [0.717, 1.165) is 63.8 Å². The monoisotopic (exact) mass is 420 g/mol. The smallest absolute Gasteiger partial charge is 0.124 e. The molecule has 0 bridgehead atoms. The Hall–Kier alpha value is -2.79. The number of carboxylic acid groups (broad SMARTS) is 2. The molecule has 0 amide bonds. The predicted octanol–water partition coefficient (Wildman–Crippen LogP) is -2.30. The topological polar surface area (TPSA) is 154 Å². The van der Waals surface area contributed by atoms with Crippen LogP contribution in [0.4, 0.5) is 0 Å². The van der Waals surface area contributed by atoms with Crippen molar-refractivity contribution >= 4 is 23.0 Å². The normalized spacial score (nSPS) is 14.2. The van der Waals surface area contributed by atoms with Crippen molar-refractivity contribution in [2.24, 2.45) is 0 Å². The van der Waals surface area contributed by atoms with Crippen LogP contribution in [-0.2, 0) is 27.4 Å². The molecular formula is C20H28N4O6-2. The summed E-state index contributed by atoms with van der Waals surface area (Å²) < 4.78 is 7.84. The van der Waals surface area contributed by atoms with Gasteiger partial charge in [-0.3, -0.25) is 4.90 Å². The van der Waals surface area contributed by atoms with Crippen LogP contribution >= 0.6 is 0 Å². The summed E-state index contributed by atoms with van der Waals surface area (Å²) in [6.07, 6.45) is 0.769. The zero-order valence-corrected chi connectivity index (χ0v) is 17.0. The fourth-order valence-electron chi connectivity index (χ4n) is 3.00. The highest BCUT2D eigenvalue weighted by atomic mass is 16.5. The number of aliphatic carboxylic acids is 2. The molecule has 1 fully saturated rings. The molecule has 1 aliphatic rings. The van der Waals surface area contributed by atoms with E-state index in [2.05, 4.69) is 39.0 Å². The third-order valence-corrected chi connectivity index (χ3v) is 4.33. The number of benzene rings is 1. The first-order valence-electron chi connectivity index (χ1n) is 9.56. The fourth-order valence-corrected chi connectivity index (χ4v) is 3.00. The Labute approximate surface area is 175 Å². The van der Waals surface area contributed by atoms with E-state index in [1.807, 2.05) is 6.92 Å². The Morgan fingerprint density at radius 1 is 1.17 bits per heavy atom. The van der Waals surface area contributed by atoms with Crippen LogP contribution in [0.1, 0.15) is 12.7 Å². The van der Waals surface area contributed by atoms with Crippen molar-refractivity contribution in [3.8, 4) is 0 Å². The highest BCUT2D eigenvalue weighted by Crippen LogP contribution is 2.17. The van der Waals surface area contributed by atoms with E-state index < -0.39 is 11.9 Å². The van der Waals surface area contributed by atoms with E-state index in [0.29, 0.717) is 12.2 Å². The molecule has 0 atom stereocenters. The number of fused-ring (bicyclic) bond motifs is 1. The Bertz CT molecular complexity index is 814. The number of carbonyl (C=O) groups excluding carboxylic acids is 2. The summed E-state index contributed by atoms with van der Waals surface area (Å²) in [5.41, 5.74) is 2.29. The first-order chi connectivity index (χ1) is 14.0. The van der Waals surface area contributed by atoms with Gasteiger partial charge in [0.25, 0.3) is 0 Å². The van der Waals surface area contributed by atoms with Gasteiger partial charge in [0.2, 0.25) is 0 Å². The number of rotatable bonds is 8. The predicted molar refractivity (Wildman–Crippen MR) is 107 cm³/mol. The summed E-state index contributed by atoms with van der Waals surface area (Å²) >= 11 is 0. The highest BCUT2D eigenvalue weighted by Gasteiger charge is 2.15. The van der Waals surface area contributed by atoms with E-state index in [1.165, 1.54) is 5.52 Å². The van der Waals surface area contributed by atoms with Crippen molar-refractivity contribution in [2.75, 3.05) is 39.4 Å². The molecule has 0 unspecified atom stereocenters. The summed E-state index contributed by atoms with van der Waals surface area (Å²) in [7, 11) is 0. The average Bonchev–Trinajstić information content (AvgIpc) is 3.05. The molecule has 2 aromatic rings. The summed E-state index contributed by atoms with van der Waals surface area (Å²) in [6.45, 7) is 9.65. The van der Waals surface area contributed by atoms with Gasteiger partial charge in [-0.05, 0) is 31.2 Å². The van der Waals surface area contributed by atoms with Gasteiger partial charge in [-0.1, -0.05) is 12.1 Å². The summed E-state index contributed by atoms with van der Waals surface area (Å²) in [5.74, 6) is -1.94. The number of ether oxygens (including phenoxy) is 1. The van der Waals surface area contributed by atoms with Gasteiger partial charge in [0.15, 0.2) is 0 Å². The Kier molecular flexibility index (Phi) is 11.3. The Morgan fingerprint density at radius 3 is 2.40 bits per heavy atom. The molecule has 1 aromatic carbocycles. The summed E-state index contributed by atoms with van der Waals surface area (Å²) in [5, 5.41) is 22.2. The second-order valence-electron chi connectivity index (χ2n) is 6.36. The van der Waals surface area contributed by atoms with Gasteiger partial charge in [-0.25, -0.2) is 4.98 Å². The van der Waals surface area contributed by atoms with Crippen LogP contribution < -0.4 is 15.5 Å². The Morgan fingerprint density at radius 2 is 1.80 bits per heavy atom. The van der Waals surface area contributed by atoms with Crippen molar-refractivity contribution in [2.45, 2.75) is 20.0 Å². The lowest BCUT2D eigenvalue weighted by molar-refractivity contribution is -0.301. The van der Waals surface area contributed by atoms with Crippen molar-refractivity contribution in [1.29, 1.82) is 0 Å². The van der Waals surface area contributed by atoms with Gasteiger partial charge in [-0.15, -0.1) is 0 Å². The molecule has 2 heterocycles. The van der Waals surface area contributed by atoms with Gasteiger partial charge >= 0.3 is 0 Å². The first kappa shape index (κ1) is 25.2. The lowest BCUT2D eigenvalue weighted by Crippen LogP contribution is -2.43. The van der Waals surface area contributed by atoms with Crippen molar-refractivity contribution in [1.82, 2.24) is 19.8 Å². The first-order valence-corrected chi connectivity index (χ1v) is 9.56. The molecule has 0 spiro atoms. The maximum absolute atomic E-state index is 9.41. The highest BCUT2D eigenvalue weighted by molar-refractivity contribution is 5.87. The minimum Gasteiger partial charge on any atom is -0.545 e. The maximum Gasteiger partial charge on any atom is 0.124 e. The van der Waals surface area contributed by atoms with Gasteiger partial charge in [-0.2, -0.15) is 0 Å². The number of nitrogens with one attached hydrogen (secondary N) is 1. The molecule has 30 heavy (non-hydrogen) atoms. The number of aromatic nitrogens is 2. The van der Waals surface area contributed by atoms with Crippen LogP contribution in [0.25, 0.3) is 11.0 Å². The molecule has 3 N–H and O–H groups in total. The zero-order chi connectivity index (χ0) is 21.1. The summed E-state index contributed by atoms with van der Waals surface area (Å²) in [6, 6.07) is 8.37. The van der Waals surface area contributed by atoms with Crippen molar-refractivity contribution < 1.29 is 30.0 Å². The molecule has 3 rings (SSSR count). The molecule has 1 saturated heterocycles. The number of piperazine rings is 1. The van der Waals surface area contributed by atoms with Gasteiger partial charge in [0.05, 0.1) is 36.1 Å². The lowest BCUT2D eigenvalue weighted by Gasteiger charge is -2.27. The minimum atomic E-state index is -1.55. The minimum absolute atomic E-state index is 0. The van der Waals surface area contributed by atoms with Crippen molar-refractivity contribution in [3.05, 3.63) is 42.2 Å². The molecular weight excluding hydrogens is 392 g/mol. The standard InChI is InChI=1S/C16H24N4O.C4H4O4.H2O/c1-2-21-12-11-20-15-6-4-3-5-14(15)18-16(20)13-19-9-7-17-8-10-19;5-3(6)1-2-4(7)8;/h3-6,17H,2,7-13H2,1H3;1-2H,(H,5,6)(H,7,8);1H2/p-2/b;2-1+;. The largest absolute Gasteiger partial charge is 0.545 e. The van der Waals surface area contributed by atoms with Crippen LogP contribution in [0.3, 0.4) is 0 Å². The van der Waals surface area contributed by atoms with E-state index in [-0.39, 0.29) is 5.48 Å². The molecule has 0 radical (unpaired) electrons. The molecule has 1 aliphatic heterocycles. The number of imidazole rings is 1. The van der Waals surface area contributed by atoms with Gasteiger partial charge < -0.3 is 39.9 Å². The van der Waals surface area contributed by atoms with E-state index >= 15 is 0 Å². The quantitative estimate of drug-likeness (QED) is 0.369.